The molecule has 9 heteroatoms. The van der Waals surface area contributed by atoms with Gasteiger partial charge >= 0.3 is 0 Å². The fraction of sp³-hybridized carbons (Fsp3) is 0.366. The van der Waals surface area contributed by atoms with Crippen LogP contribution in [0.2, 0.25) is 10.0 Å². The molecule has 1 fully saturated rings. The first-order valence-electron chi connectivity index (χ1n) is 17.4. The Kier molecular flexibility index (Phi) is 11.2. The van der Waals surface area contributed by atoms with Crippen molar-refractivity contribution in [3.8, 4) is 0 Å². The van der Waals surface area contributed by atoms with E-state index in [-0.39, 0.29) is 23.1 Å². The van der Waals surface area contributed by atoms with Gasteiger partial charge in [-0.25, -0.2) is 0 Å². The van der Waals surface area contributed by atoms with E-state index in [9.17, 15) is 9.00 Å². The molecule has 0 bridgehead atoms. The third kappa shape index (κ3) is 7.03. The number of likely N-dealkylation sites (tertiary alicyclic amines) is 1. The highest BCUT2D eigenvalue weighted by Crippen LogP contribution is 2.47. The number of piperidine rings is 1. The minimum atomic E-state index is -0.955. The first-order valence-corrected chi connectivity index (χ1v) is 19.4. The number of halogens is 2. The standard InChI is InChI=1S/C41H45Cl2N3O3S/c1-4-37(47)44(2)29-40(33-19-20-35(42)36(43)27-33,45(3)39(48)38(30-13-7-5-8-14-30)31-15-9-6-10-16-31)21-24-46-25-22-41(23-26-46)34-18-12-11-17-32(34)28-50(41)49/h5-20,27,38H,4,21-26,28-29H2,1-3H3. The van der Waals surface area contributed by atoms with Gasteiger partial charge in [-0.3, -0.25) is 13.8 Å². The number of benzene rings is 4. The molecule has 4 aromatic rings. The molecule has 0 aromatic heterocycles. The molecule has 6 rings (SSSR count). The van der Waals surface area contributed by atoms with E-state index in [1.54, 1.807) is 18.0 Å². The van der Waals surface area contributed by atoms with Gasteiger partial charge in [0, 0.05) is 50.2 Å². The highest BCUT2D eigenvalue weighted by Gasteiger charge is 2.48. The third-order valence-corrected chi connectivity index (χ3v) is 13.7. The van der Waals surface area contributed by atoms with Gasteiger partial charge in [-0.15, -0.1) is 0 Å². The number of rotatable bonds is 11. The van der Waals surface area contributed by atoms with Gasteiger partial charge in [-0.05, 0) is 72.3 Å². The number of amides is 2. The van der Waals surface area contributed by atoms with Crippen LogP contribution in [0.5, 0.6) is 0 Å². The van der Waals surface area contributed by atoms with E-state index in [1.165, 1.54) is 11.1 Å². The molecule has 2 atom stereocenters. The summed E-state index contributed by atoms with van der Waals surface area (Å²) in [4.78, 5) is 34.4. The molecule has 2 aliphatic rings. The van der Waals surface area contributed by atoms with Crippen LogP contribution in [0.15, 0.2) is 103 Å². The Balaban J connectivity index is 1.38. The minimum absolute atomic E-state index is 0.0137. The Morgan fingerprint density at radius 3 is 2.06 bits per heavy atom. The van der Waals surface area contributed by atoms with Crippen molar-refractivity contribution in [2.45, 2.75) is 54.6 Å². The minimum Gasteiger partial charge on any atom is -0.343 e. The first-order chi connectivity index (χ1) is 24.1. The van der Waals surface area contributed by atoms with Crippen LogP contribution in [0.4, 0.5) is 0 Å². The van der Waals surface area contributed by atoms with Crippen LogP contribution in [0.3, 0.4) is 0 Å². The average Bonchev–Trinajstić information content (AvgIpc) is 3.41. The molecule has 262 valence electrons. The summed E-state index contributed by atoms with van der Waals surface area (Å²) < 4.78 is 13.2. The van der Waals surface area contributed by atoms with Crippen LogP contribution in [-0.2, 0) is 36.4 Å². The number of fused-ring (bicyclic) bond motifs is 2. The quantitative estimate of drug-likeness (QED) is 0.157. The maximum Gasteiger partial charge on any atom is 0.235 e. The number of carbonyl (C=O) groups excluding carboxylic acids is 2. The van der Waals surface area contributed by atoms with Gasteiger partial charge in [0.25, 0.3) is 0 Å². The lowest BCUT2D eigenvalue weighted by Gasteiger charge is -2.47. The van der Waals surface area contributed by atoms with Crippen LogP contribution in [0.1, 0.15) is 66.3 Å². The van der Waals surface area contributed by atoms with Crippen LogP contribution in [-0.4, -0.2) is 71.0 Å². The van der Waals surface area contributed by atoms with E-state index in [1.807, 2.05) is 97.7 Å². The molecule has 2 amide bonds. The lowest BCUT2D eigenvalue weighted by Crippen LogP contribution is -2.57. The maximum absolute atomic E-state index is 15.1. The Bertz CT molecular complexity index is 1810. The van der Waals surface area contributed by atoms with E-state index >= 15 is 4.79 Å². The van der Waals surface area contributed by atoms with Crippen molar-refractivity contribution in [1.29, 1.82) is 0 Å². The van der Waals surface area contributed by atoms with Gasteiger partial charge in [0.1, 0.15) is 0 Å². The zero-order valence-electron chi connectivity index (χ0n) is 29.0. The lowest BCUT2D eigenvalue weighted by atomic mass is 9.81. The van der Waals surface area contributed by atoms with Crippen LogP contribution >= 0.6 is 23.2 Å². The monoisotopic (exact) mass is 729 g/mol. The topological polar surface area (TPSA) is 60.9 Å². The number of likely N-dealkylation sites (N-methyl/N-ethyl adjacent to an activating group) is 2. The molecular weight excluding hydrogens is 685 g/mol. The Hall–Kier alpha value is -3.49. The fourth-order valence-corrected chi connectivity index (χ4v) is 10.2. The highest BCUT2D eigenvalue weighted by atomic mass is 35.5. The van der Waals surface area contributed by atoms with E-state index in [4.69, 9.17) is 23.2 Å². The second kappa shape index (κ2) is 15.4. The average molecular weight is 731 g/mol. The van der Waals surface area contributed by atoms with Crippen LogP contribution in [0.25, 0.3) is 0 Å². The highest BCUT2D eigenvalue weighted by molar-refractivity contribution is 7.85. The summed E-state index contributed by atoms with van der Waals surface area (Å²) in [6.07, 6.45) is 2.50. The fourth-order valence-electron chi connectivity index (χ4n) is 7.96. The van der Waals surface area contributed by atoms with Gasteiger partial charge in [0.15, 0.2) is 0 Å². The van der Waals surface area contributed by atoms with Crippen molar-refractivity contribution >= 4 is 45.8 Å². The molecular formula is C41H45Cl2N3O3S. The molecule has 50 heavy (non-hydrogen) atoms. The lowest BCUT2D eigenvalue weighted by molar-refractivity contribution is -0.142. The second-order valence-electron chi connectivity index (χ2n) is 13.6. The first kappa shape index (κ1) is 36.3. The predicted molar refractivity (Wildman–Crippen MR) is 204 cm³/mol. The van der Waals surface area contributed by atoms with Gasteiger partial charge in [-0.1, -0.05) is 121 Å². The number of hydrogen-bond donors (Lipinski definition) is 0. The number of carbonyl (C=O) groups is 2. The van der Waals surface area contributed by atoms with Crippen molar-refractivity contribution in [3.63, 3.8) is 0 Å². The largest absolute Gasteiger partial charge is 0.343 e. The molecule has 1 saturated heterocycles. The summed E-state index contributed by atoms with van der Waals surface area (Å²) in [5.74, 6) is -0.0451. The summed E-state index contributed by atoms with van der Waals surface area (Å²) in [6.45, 7) is 4.36. The molecule has 2 heterocycles. The second-order valence-corrected chi connectivity index (χ2v) is 16.2. The van der Waals surface area contributed by atoms with E-state index < -0.39 is 22.3 Å². The van der Waals surface area contributed by atoms with Crippen molar-refractivity contribution in [1.82, 2.24) is 14.7 Å². The molecule has 1 spiro atoms. The van der Waals surface area contributed by atoms with Crippen LogP contribution in [0, 0.1) is 0 Å². The Morgan fingerprint density at radius 1 is 0.860 bits per heavy atom. The van der Waals surface area contributed by atoms with Crippen molar-refractivity contribution in [2.24, 2.45) is 0 Å². The predicted octanol–water partition coefficient (Wildman–Crippen LogP) is 7.99. The molecule has 6 nitrogen and oxygen atoms in total. The van der Waals surface area contributed by atoms with E-state index in [0.29, 0.717) is 35.2 Å². The number of hydrogen-bond acceptors (Lipinski definition) is 4. The summed E-state index contributed by atoms with van der Waals surface area (Å²) in [7, 11) is 2.71. The van der Waals surface area contributed by atoms with E-state index in [2.05, 4.69) is 23.1 Å². The van der Waals surface area contributed by atoms with Gasteiger partial charge in [-0.2, -0.15) is 0 Å². The SMILES string of the molecule is CCC(=O)N(C)CC(CCN1CCC2(CC1)c1ccccc1CS2=O)(c1ccc(Cl)c(Cl)c1)N(C)C(=O)C(c1ccccc1)c1ccccc1. The van der Waals surface area contributed by atoms with E-state index in [0.717, 1.165) is 42.6 Å². The molecule has 4 aromatic carbocycles. The van der Waals surface area contributed by atoms with Gasteiger partial charge in [0.05, 0.1) is 26.2 Å². The summed E-state index contributed by atoms with van der Waals surface area (Å²) in [5, 5.41) is 0.817. The van der Waals surface area contributed by atoms with Gasteiger partial charge in [0.2, 0.25) is 11.8 Å². The zero-order chi connectivity index (χ0) is 35.5. The van der Waals surface area contributed by atoms with Crippen molar-refractivity contribution < 1.29 is 13.8 Å². The van der Waals surface area contributed by atoms with Crippen LogP contribution < -0.4 is 0 Å². The molecule has 0 aliphatic carbocycles. The zero-order valence-corrected chi connectivity index (χ0v) is 31.3. The van der Waals surface area contributed by atoms with Gasteiger partial charge < -0.3 is 14.7 Å². The summed E-state index contributed by atoms with van der Waals surface area (Å²) >= 11 is 13.2. The van der Waals surface area contributed by atoms with Crippen molar-refractivity contribution in [2.75, 3.05) is 40.3 Å². The van der Waals surface area contributed by atoms with Crippen molar-refractivity contribution in [3.05, 3.63) is 141 Å². The molecule has 0 saturated carbocycles. The summed E-state index contributed by atoms with van der Waals surface area (Å²) in [6, 6.07) is 33.6. The maximum atomic E-state index is 15.1. The Morgan fingerprint density at radius 2 is 1.46 bits per heavy atom. The summed E-state index contributed by atoms with van der Waals surface area (Å²) in [5.41, 5.74) is 4.09. The third-order valence-electron chi connectivity index (χ3n) is 10.9. The Labute approximate surface area is 308 Å². The normalized spacial score (nSPS) is 18.1. The molecule has 0 radical (unpaired) electrons. The molecule has 2 unspecified atom stereocenters. The smallest absolute Gasteiger partial charge is 0.235 e. The molecule has 0 N–H and O–H groups in total. The molecule has 2 aliphatic heterocycles. The number of nitrogens with zero attached hydrogens (tertiary/aromatic N) is 3.